The van der Waals surface area contributed by atoms with Crippen LogP contribution in [0.5, 0.6) is 5.75 Å². The third-order valence-electron chi connectivity index (χ3n) is 6.09. The van der Waals surface area contributed by atoms with Crippen molar-refractivity contribution in [3.63, 3.8) is 0 Å². The molecule has 4 rings (SSSR count). The Hall–Kier alpha value is -2.12. The van der Waals surface area contributed by atoms with Crippen LogP contribution in [-0.4, -0.2) is 36.0 Å². The highest BCUT2D eigenvalue weighted by molar-refractivity contribution is 9.10. The first-order valence-electron chi connectivity index (χ1n) is 9.89. The fourth-order valence-corrected chi connectivity index (χ4v) is 5.00. The maximum absolute atomic E-state index is 14.1. The molecule has 2 fully saturated rings. The Bertz CT molecular complexity index is 909. The van der Waals surface area contributed by atoms with E-state index in [2.05, 4.69) is 26.1 Å². The van der Waals surface area contributed by atoms with Crippen LogP contribution in [0.1, 0.15) is 41.6 Å². The number of hydrogen-bond donors (Lipinski definition) is 2. The van der Waals surface area contributed by atoms with Gasteiger partial charge in [0, 0.05) is 46.5 Å². The van der Waals surface area contributed by atoms with Crippen molar-refractivity contribution in [3.8, 4) is 5.75 Å². The van der Waals surface area contributed by atoms with Gasteiger partial charge in [0.15, 0.2) is 0 Å². The number of halogens is 2. The second-order valence-electron chi connectivity index (χ2n) is 7.86. The molecule has 154 valence electrons. The van der Waals surface area contributed by atoms with E-state index in [1.807, 2.05) is 12.1 Å². The standard InChI is InChI=1S/C22H25BrFN3O2/c1-29-21-11-20(25)18(23)10-17(21)22(28)26-14-8-15-6-7-16(9-14)27(15)12-13-4-2-3-5-19(13)24/h2-5,10-11,14-16H,6-9,12,25H2,1H3,(H,26,28). The summed E-state index contributed by atoms with van der Waals surface area (Å²) in [5.74, 6) is 0.154. The molecule has 0 radical (unpaired) electrons. The molecular formula is C22H25BrFN3O2. The molecule has 2 aromatic carbocycles. The van der Waals surface area contributed by atoms with E-state index in [1.165, 1.54) is 13.2 Å². The lowest BCUT2D eigenvalue weighted by Gasteiger charge is -2.39. The summed E-state index contributed by atoms with van der Waals surface area (Å²) in [6, 6.07) is 11.1. The van der Waals surface area contributed by atoms with Crippen molar-refractivity contribution in [1.82, 2.24) is 10.2 Å². The topological polar surface area (TPSA) is 67.6 Å². The van der Waals surface area contributed by atoms with Gasteiger partial charge in [0.05, 0.1) is 12.7 Å². The van der Waals surface area contributed by atoms with Crippen molar-refractivity contribution in [2.45, 2.75) is 50.4 Å². The van der Waals surface area contributed by atoms with E-state index in [1.54, 1.807) is 18.2 Å². The van der Waals surface area contributed by atoms with E-state index in [0.717, 1.165) is 31.2 Å². The minimum absolute atomic E-state index is 0.0953. The normalized spacial score (nSPS) is 23.8. The summed E-state index contributed by atoms with van der Waals surface area (Å²) >= 11 is 3.38. The largest absolute Gasteiger partial charge is 0.496 e. The lowest BCUT2D eigenvalue weighted by molar-refractivity contribution is 0.0822. The summed E-state index contributed by atoms with van der Waals surface area (Å²) in [5.41, 5.74) is 7.62. The highest BCUT2D eigenvalue weighted by Gasteiger charge is 2.41. The number of piperidine rings is 1. The quantitative estimate of drug-likeness (QED) is 0.657. The third kappa shape index (κ3) is 4.12. The fourth-order valence-electron chi connectivity index (χ4n) is 4.65. The lowest BCUT2D eigenvalue weighted by Crippen LogP contribution is -2.50. The van der Waals surface area contributed by atoms with Crippen LogP contribution in [0.3, 0.4) is 0 Å². The highest BCUT2D eigenvalue weighted by atomic mass is 79.9. The number of amides is 1. The van der Waals surface area contributed by atoms with E-state index in [0.29, 0.717) is 40.1 Å². The molecule has 2 atom stereocenters. The van der Waals surface area contributed by atoms with Gasteiger partial charge in [-0.1, -0.05) is 18.2 Å². The number of benzene rings is 2. The van der Waals surface area contributed by atoms with E-state index < -0.39 is 0 Å². The van der Waals surface area contributed by atoms with E-state index in [4.69, 9.17) is 10.5 Å². The molecule has 0 saturated carbocycles. The van der Waals surface area contributed by atoms with Gasteiger partial charge in [-0.05, 0) is 53.7 Å². The van der Waals surface area contributed by atoms with Crippen LogP contribution in [0.25, 0.3) is 0 Å². The van der Waals surface area contributed by atoms with Gasteiger partial charge in [0.25, 0.3) is 5.91 Å². The molecular weight excluding hydrogens is 437 g/mol. The zero-order chi connectivity index (χ0) is 20.5. The average Bonchev–Trinajstić information content (AvgIpc) is 2.93. The Morgan fingerprint density at radius 3 is 2.62 bits per heavy atom. The number of nitrogens with two attached hydrogens (primary N) is 1. The molecule has 0 aliphatic carbocycles. The minimum atomic E-state index is -0.158. The summed E-state index contributed by atoms with van der Waals surface area (Å²) < 4.78 is 20.1. The van der Waals surface area contributed by atoms with Crippen molar-refractivity contribution in [1.29, 1.82) is 0 Å². The molecule has 0 spiro atoms. The van der Waals surface area contributed by atoms with Gasteiger partial charge in [-0.2, -0.15) is 0 Å². The number of carbonyl (C=O) groups excluding carboxylic acids is 1. The smallest absolute Gasteiger partial charge is 0.255 e. The summed E-state index contributed by atoms with van der Waals surface area (Å²) in [6.45, 7) is 0.626. The summed E-state index contributed by atoms with van der Waals surface area (Å²) in [6.07, 6.45) is 3.91. The van der Waals surface area contributed by atoms with Gasteiger partial charge >= 0.3 is 0 Å². The van der Waals surface area contributed by atoms with Crippen molar-refractivity contribution in [3.05, 3.63) is 57.8 Å². The number of methoxy groups -OCH3 is 1. The van der Waals surface area contributed by atoms with Crippen LogP contribution < -0.4 is 15.8 Å². The number of rotatable bonds is 5. The molecule has 2 aliphatic rings. The summed E-state index contributed by atoms with van der Waals surface area (Å²) in [4.78, 5) is 15.3. The van der Waals surface area contributed by atoms with Crippen LogP contribution in [0.4, 0.5) is 10.1 Å². The molecule has 2 unspecified atom stereocenters. The molecule has 1 amide bonds. The molecule has 3 N–H and O–H groups in total. The van der Waals surface area contributed by atoms with Crippen LogP contribution in [0.15, 0.2) is 40.9 Å². The summed E-state index contributed by atoms with van der Waals surface area (Å²) in [5, 5.41) is 3.17. The number of anilines is 1. The maximum Gasteiger partial charge on any atom is 0.255 e. The van der Waals surface area contributed by atoms with Gasteiger partial charge in [0.1, 0.15) is 11.6 Å². The van der Waals surface area contributed by atoms with Crippen LogP contribution in [0, 0.1) is 5.82 Å². The van der Waals surface area contributed by atoms with Gasteiger partial charge in [0.2, 0.25) is 0 Å². The first-order chi connectivity index (χ1) is 14.0. The second-order valence-corrected chi connectivity index (χ2v) is 8.72. The van der Waals surface area contributed by atoms with Crippen molar-refractivity contribution >= 4 is 27.5 Å². The molecule has 0 aromatic heterocycles. The van der Waals surface area contributed by atoms with Crippen molar-refractivity contribution in [2.24, 2.45) is 0 Å². The Balaban J connectivity index is 1.44. The molecule has 2 heterocycles. The number of nitrogens with zero attached hydrogens (tertiary/aromatic N) is 1. The highest BCUT2D eigenvalue weighted by Crippen LogP contribution is 2.37. The monoisotopic (exact) mass is 461 g/mol. The summed E-state index contributed by atoms with van der Waals surface area (Å²) in [7, 11) is 1.53. The van der Waals surface area contributed by atoms with Crippen molar-refractivity contribution < 1.29 is 13.9 Å². The zero-order valence-corrected chi connectivity index (χ0v) is 17.9. The first-order valence-corrected chi connectivity index (χ1v) is 10.7. The number of ether oxygens (including phenoxy) is 1. The molecule has 5 nitrogen and oxygen atoms in total. The minimum Gasteiger partial charge on any atom is -0.496 e. The molecule has 7 heteroatoms. The number of nitrogens with one attached hydrogen (secondary N) is 1. The third-order valence-corrected chi connectivity index (χ3v) is 6.78. The Labute approximate surface area is 178 Å². The SMILES string of the molecule is COc1cc(N)c(Br)cc1C(=O)NC1CC2CCC(C1)N2Cc1ccccc1F. The molecule has 29 heavy (non-hydrogen) atoms. The molecule has 2 aromatic rings. The maximum atomic E-state index is 14.1. The second kappa shape index (κ2) is 8.32. The number of nitrogen functional groups attached to an aromatic ring is 1. The van der Waals surface area contributed by atoms with Crippen molar-refractivity contribution in [2.75, 3.05) is 12.8 Å². The number of fused-ring (bicyclic) bond motifs is 2. The molecule has 2 saturated heterocycles. The van der Waals surface area contributed by atoms with Gasteiger partial charge < -0.3 is 15.8 Å². The van der Waals surface area contributed by atoms with Gasteiger partial charge in [-0.25, -0.2) is 4.39 Å². The lowest BCUT2D eigenvalue weighted by atomic mass is 9.96. The number of carbonyl (C=O) groups is 1. The van der Waals surface area contributed by atoms with E-state index >= 15 is 0 Å². The van der Waals surface area contributed by atoms with E-state index in [9.17, 15) is 9.18 Å². The number of hydrogen-bond acceptors (Lipinski definition) is 4. The van der Waals surface area contributed by atoms with Gasteiger partial charge in [-0.3, -0.25) is 9.69 Å². The predicted molar refractivity (Wildman–Crippen MR) is 114 cm³/mol. The molecule has 2 aliphatic heterocycles. The zero-order valence-electron chi connectivity index (χ0n) is 16.3. The molecule has 2 bridgehead atoms. The average molecular weight is 462 g/mol. The first kappa shape index (κ1) is 20.2. The van der Waals surface area contributed by atoms with Crippen LogP contribution >= 0.6 is 15.9 Å². The Kier molecular flexibility index (Phi) is 5.79. The predicted octanol–water partition coefficient (Wildman–Crippen LogP) is 4.10. The fraction of sp³-hybridized carbons (Fsp3) is 0.409. The van der Waals surface area contributed by atoms with E-state index in [-0.39, 0.29) is 17.8 Å². The van der Waals surface area contributed by atoms with Gasteiger partial charge in [-0.15, -0.1) is 0 Å². The Morgan fingerprint density at radius 2 is 1.97 bits per heavy atom. The Morgan fingerprint density at radius 1 is 1.28 bits per heavy atom. The van der Waals surface area contributed by atoms with Crippen LogP contribution in [-0.2, 0) is 6.54 Å². The van der Waals surface area contributed by atoms with Crippen LogP contribution in [0.2, 0.25) is 0 Å².